The SMILES string of the molecule is CC1=C2CC3N(C)C2(CC2(C)C(N)CCC32C)OC1=O. The molecule has 4 rings (SSSR count). The first-order chi connectivity index (χ1) is 9.26. The van der Waals surface area contributed by atoms with E-state index in [1.807, 2.05) is 6.92 Å². The lowest BCUT2D eigenvalue weighted by Crippen LogP contribution is -2.64. The molecule has 5 atom stereocenters. The smallest absolute Gasteiger partial charge is 0.335 e. The predicted molar refractivity (Wildman–Crippen MR) is 75.7 cm³/mol. The topological polar surface area (TPSA) is 55.6 Å². The molecule has 4 aliphatic rings. The lowest BCUT2D eigenvalue weighted by atomic mass is 9.58. The average Bonchev–Trinajstić information content (AvgIpc) is 2.85. The van der Waals surface area contributed by atoms with E-state index in [0.29, 0.717) is 6.04 Å². The van der Waals surface area contributed by atoms with Crippen LogP contribution in [0.25, 0.3) is 0 Å². The molecule has 1 saturated carbocycles. The number of carbonyl (C=O) groups is 1. The average molecular weight is 276 g/mol. The zero-order valence-corrected chi connectivity index (χ0v) is 12.8. The van der Waals surface area contributed by atoms with Gasteiger partial charge in [-0.1, -0.05) is 13.8 Å². The summed E-state index contributed by atoms with van der Waals surface area (Å²) in [5.41, 5.74) is 8.31. The number of rotatable bonds is 0. The van der Waals surface area contributed by atoms with Crippen molar-refractivity contribution in [2.24, 2.45) is 16.6 Å². The number of nitrogens with zero attached hydrogens (tertiary/aromatic N) is 1. The van der Waals surface area contributed by atoms with E-state index in [0.717, 1.165) is 24.8 Å². The van der Waals surface area contributed by atoms with Crippen molar-refractivity contribution in [3.8, 4) is 0 Å². The van der Waals surface area contributed by atoms with Gasteiger partial charge in [0.05, 0.1) is 0 Å². The van der Waals surface area contributed by atoms with Crippen LogP contribution >= 0.6 is 0 Å². The molecule has 20 heavy (non-hydrogen) atoms. The fraction of sp³-hybridized carbons (Fsp3) is 0.812. The number of fused-ring (bicyclic) bond motifs is 3. The molecular formula is C16H24N2O2. The Morgan fingerprint density at radius 1 is 1.35 bits per heavy atom. The van der Waals surface area contributed by atoms with E-state index >= 15 is 0 Å². The van der Waals surface area contributed by atoms with Crippen LogP contribution in [-0.4, -0.2) is 35.7 Å². The molecule has 0 aromatic heterocycles. The molecule has 0 aromatic carbocycles. The summed E-state index contributed by atoms with van der Waals surface area (Å²) in [6.07, 6.45) is 4.07. The molecule has 2 N–H and O–H groups in total. The third-order valence-electron chi connectivity index (χ3n) is 7.37. The highest BCUT2D eigenvalue weighted by Gasteiger charge is 2.72. The van der Waals surface area contributed by atoms with E-state index in [9.17, 15) is 4.79 Å². The number of hydrogen-bond acceptors (Lipinski definition) is 4. The van der Waals surface area contributed by atoms with Crippen molar-refractivity contribution in [2.45, 2.75) is 64.3 Å². The Kier molecular flexibility index (Phi) is 2.12. The first kappa shape index (κ1) is 12.8. The quantitative estimate of drug-likeness (QED) is 0.685. The lowest BCUT2D eigenvalue weighted by Gasteiger charge is -2.57. The third-order valence-corrected chi connectivity index (χ3v) is 7.37. The highest BCUT2D eigenvalue weighted by molar-refractivity contribution is 5.92. The summed E-state index contributed by atoms with van der Waals surface area (Å²) in [5, 5.41) is 0. The van der Waals surface area contributed by atoms with Crippen LogP contribution in [-0.2, 0) is 9.53 Å². The minimum Gasteiger partial charge on any atom is -0.436 e. The van der Waals surface area contributed by atoms with Crippen molar-refractivity contribution in [3.63, 3.8) is 0 Å². The molecule has 2 bridgehead atoms. The number of piperidine rings is 1. The van der Waals surface area contributed by atoms with E-state index in [1.165, 1.54) is 12.0 Å². The van der Waals surface area contributed by atoms with Crippen molar-refractivity contribution in [3.05, 3.63) is 11.1 Å². The van der Waals surface area contributed by atoms with Gasteiger partial charge in [0.1, 0.15) is 0 Å². The molecule has 3 heterocycles. The monoisotopic (exact) mass is 276 g/mol. The molecule has 3 aliphatic heterocycles. The Morgan fingerprint density at radius 2 is 2.05 bits per heavy atom. The number of hydrogen-bond donors (Lipinski definition) is 1. The van der Waals surface area contributed by atoms with Crippen LogP contribution < -0.4 is 5.73 Å². The number of likely N-dealkylation sites (N-methyl/N-ethyl adjacent to an activating group) is 1. The van der Waals surface area contributed by atoms with Gasteiger partial charge in [-0.05, 0) is 44.1 Å². The van der Waals surface area contributed by atoms with Gasteiger partial charge in [0.2, 0.25) is 0 Å². The van der Waals surface area contributed by atoms with Crippen LogP contribution in [0.4, 0.5) is 0 Å². The first-order valence-electron chi connectivity index (χ1n) is 7.68. The zero-order chi connectivity index (χ0) is 14.5. The molecule has 110 valence electrons. The molecule has 4 heteroatoms. The van der Waals surface area contributed by atoms with E-state index < -0.39 is 5.72 Å². The molecule has 1 spiro atoms. The minimum absolute atomic E-state index is 0.0524. The Bertz CT molecular complexity index is 557. The van der Waals surface area contributed by atoms with Gasteiger partial charge >= 0.3 is 5.97 Å². The summed E-state index contributed by atoms with van der Waals surface area (Å²) in [6, 6.07) is 0.646. The van der Waals surface area contributed by atoms with Gasteiger partial charge in [-0.25, -0.2) is 4.79 Å². The van der Waals surface area contributed by atoms with Crippen LogP contribution in [0, 0.1) is 10.8 Å². The number of carbonyl (C=O) groups excluding carboxylic acids is 1. The maximum absolute atomic E-state index is 12.0. The number of ether oxygens (including phenoxy) is 1. The summed E-state index contributed by atoms with van der Waals surface area (Å²) in [6.45, 7) is 6.63. The van der Waals surface area contributed by atoms with E-state index in [4.69, 9.17) is 10.5 Å². The van der Waals surface area contributed by atoms with Crippen LogP contribution in [0.15, 0.2) is 11.1 Å². The second-order valence-electron chi connectivity index (χ2n) is 7.77. The third kappa shape index (κ3) is 1.05. The summed E-state index contributed by atoms with van der Waals surface area (Å²) in [7, 11) is 2.12. The van der Waals surface area contributed by atoms with Crippen molar-refractivity contribution in [1.29, 1.82) is 0 Å². The standard InChI is InChI=1S/C16H24N2O2/c1-9-10-7-12-14(2)6-5-11(17)15(14,3)8-16(10,18(12)4)20-13(9)19/h11-12H,5-8,17H2,1-4H3. The second kappa shape index (κ2) is 3.30. The highest BCUT2D eigenvalue weighted by atomic mass is 16.6. The Morgan fingerprint density at radius 3 is 2.75 bits per heavy atom. The molecule has 2 saturated heterocycles. The van der Waals surface area contributed by atoms with Crippen molar-refractivity contribution in [1.82, 2.24) is 4.90 Å². The summed E-state index contributed by atoms with van der Waals surface area (Å²) in [5.74, 6) is -0.135. The largest absolute Gasteiger partial charge is 0.436 e. The van der Waals surface area contributed by atoms with Crippen molar-refractivity contribution < 1.29 is 9.53 Å². The maximum atomic E-state index is 12.0. The van der Waals surface area contributed by atoms with Gasteiger partial charge in [0.15, 0.2) is 5.72 Å². The Hall–Kier alpha value is -0.870. The molecule has 4 nitrogen and oxygen atoms in total. The van der Waals surface area contributed by atoms with Crippen molar-refractivity contribution in [2.75, 3.05) is 7.05 Å². The van der Waals surface area contributed by atoms with Gasteiger partial charge in [0, 0.05) is 29.7 Å². The predicted octanol–water partition coefficient (Wildman–Crippen LogP) is 1.80. The first-order valence-corrected chi connectivity index (χ1v) is 7.68. The van der Waals surface area contributed by atoms with Crippen LogP contribution in [0.3, 0.4) is 0 Å². The number of esters is 1. The lowest BCUT2D eigenvalue weighted by molar-refractivity contribution is -0.198. The molecular weight excluding hydrogens is 252 g/mol. The molecule has 0 amide bonds. The minimum atomic E-state index is -0.498. The molecule has 0 aromatic rings. The van der Waals surface area contributed by atoms with E-state index in [2.05, 4.69) is 25.8 Å². The summed E-state index contributed by atoms with van der Waals surface area (Å²) >= 11 is 0. The fourth-order valence-corrected chi connectivity index (χ4v) is 5.67. The van der Waals surface area contributed by atoms with Crippen molar-refractivity contribution >= 4 is 5.97 Å². The number of nitrogens with two attached hydrogens (primary N) is 1. The van der Waals surface area contributed by atoms with Gasteiger partial charge in [-0.15, -0.1) is 0 Å². The molecule has 1 aliphatic carbocycles. The van der Waals surface area contributed by atoms with Gasteiger partial charge in [0.25, 0.3) is 0 Å². The van der Waals surface area contributed by atoms with Gasteiger partial charge < -0.3 is 10.5 Å². The molecule has 3 fully saturated rings. The normalized spacial score (nSPS) is 54.1. The van der Waals surface area contributed by atoms with Crippen LogP contribution in [0.5, 0.6) is 0 Å². The van der Waals surface area contributed by atoms with E-state index in [-0.39, 0.29) is 22.8 Å². The zero-order valence-electron chi connectivity index (χ0n) is 12.8. The Balaban J connectivity index is 1.92. The van der Waals surface area contributed by atoms with E-state index in [1.54, 1.807) is 0 Å². The van der Waals surface area contributed by atoms with Crippen LogP contribution in [0.1, 0.15) is 46.5 Å². The van der Waals surface area contributed by atoms with Crippen LogP contribution in [0.2, 0.25) is 0 Å². The Labute approximate surface area is 120 Å². The maximum Gasteiger partial charge on any atom is 0.335 e. The summed E-state index contributed by atoms with van der Waals surface area (Å²) < 4.78 is 5.89. The van der Waals surface area contributed by atoms with Gasteiger partial charge in [-0.3, -0.25) is 4.90 Å². The summed E-state index contributed by atoms with van der Waals surface area (Å²) in [4.78, 5) is 14.4. The molecule has 5 unspecified atom stereocenters. The highest BCUT2D eigenvalue weighted by Crippen LogP contribution is 2.69. The van der Waals surface area contributed by atoms with Gasteiger partial charge in [-0.2, -0.15) is 0 Å². The second-order valence-corrected chi connectivity index (χ2v) is 7.77. The molecule has 0 radical (unpaired) electrons. The fourth-order valence-electron chi connectivity index (χ4n) is 5.67.